The third-order valence-corrected chi connectivity index (χ3v) is 4.28. The van der Waals surface area contributed by atoms with Crippen LogP contribution in [-0.4, -0.2) is 31.1 Å². The summed E-state index contributed by atoms with van der Waals surface area (Å²) in [6.07, 6.45) is -0.173. The Balaban J connectivity index is 2.04. The van der Waals surface area contributed by atoms with Gasteiger partial charge in [0, 0.05) is 19.3 Å². The van der Waals surface area contributed by atoms with E-state index in [0.29, 0.717) is 18.7 Å². The molecule has 0 fully saturated rings. The molecule has 0 unspecified atom stereocenters. The van der Waals surface area contributed by atoms with E-state index in [1.54, 1.807) is 7.11 Å². The number of methoxy groups -OCH3 is 1. The van der Waals surface area contributed by atoms with Crippen LogP contribution in [0.3, 0.4) is 0 Å². The van der Waals surface area contributed by atoms with Gasteiger partial charge in [0.1, 0.15) is 6.17 Å². The van der Waals surface area contributed by atoms with Gasteiger partial charge in [-0.05, 0) is 37.1 Å². The molecule has 0 spiro atoms. The second-order valence-electron chi connectivity index (χ2n) is 5.94. The molecule has 3 rings (SSSR count). The van der Waals surface area contributed by atoms with Crippen molar-refractivity contribution in [1.29, 1.82) is 0 Å². The first-order chi connectivity index (χ1) is 11.1. The lowest BCUT2D eigenvalue weighted by Crippen LogP contribution is -2.44. The van der Waals surface area contributed by atoms with E-state index in [9.17, 15) is 4.79 Å². The second-order valence-corrected chi connectivity index (χ2v) is 5.94. The Labute approximate surface area is 137 Å². The Kier molecular flexibility index (Phi) is 4.35. The zero-order valence-corrected chi connectivity index (χ0v) is 13.8. The van der Waals surface area contributed by atoms with Gasteiger partial charge in [-0.25, -0.2) is 0 Å². The molecule has 0 aliphatic carbocycles. The highest BCUT2D eigenvalue weighted by Gasteiger charge is 2.33. The van der Waals surface area contributed by atoms with E-state index in [-0.39, 0.29) is 12.1 Å². The molecule has 0 bridgehead atoms. The standard InChI is InChI=1S/C19H22N2O2/c1-13-8-9-15(14(2)12-13)18-20-17-7-5-4-6-16(17)19(22)21(18)10-11-23-3/h4-9,12,18,20H,10-11H2,1-3H3/t18-/m0/s1. The average Bonchev–Trinajstić information content (AvgIpc) is 2.54. The fourth-order valence-electron chi connectivity index (χ4n) is 3.09. The van der Waals surface area contributed by atoms with Crippen LogP contribution in [0.4, 0.5) is 5.69 Å². The van der Waals surface area contributed by atoms with Crippen molar-refractivity contribution in [2.45, 2.75) is 20.0 Å². The van der Waals surface area contributed by atoms with Crippen LogP contribution in [0, 0.1) is 13.8 Å². The SMILES string of the molecule is COCCN1C(=O)c2ccccc2N[C@@H]1c1ccc(C)cc1C. The van der Waals surface area contributed by atoms with Crippen LogP contribution in [0.5, 0.6) is 0 Å². The van der Waals surface area contributed by atoms with Crippen LogP contribution in [0.2, 0.25) is 0 Å². The van der Waals surface area contributed by atoms with Crippen LogP contribution in [0.25, 0.3) is 0 Å². The molecule has 0 saturated heterocycles. The Morgan fingerprint density at radius 3 is 2.70 bits per heavy atom. The van der Waals surface area contributed by atoms with Crippen molar-refractivity contribution in [3.8, 4) is 0 Å². The van der Waals surface area contributed by atoms with E-state index in [1.807, 2.05) is 29.2 Å². The van der Waals surface area contributed by atoms with Crippen LogP contribution in [0.1, 0.15) is 33.2 Å². The fraction of sp³-hybridized carbons (Fsp3) is 0.316. The summed E-state index contributed by atoms with van der Waals surface area (Å²) < 4.78 is 5.19. The molecule has 1 aliphatic rings. The van der Waals surface area contributed by atoms with Crippen molar-refractivity contribution in [3.63, 3.8) is 0 Å². The fourth-order valence-corrected chi connectivity index (χ4v) is 3.09. The number of carbonyl (C=O) groups is 1. The zero-order valence-electron chi connectivity index (χ0n) is 13.8. The Bertz CT molecular complexity index is 727. The smallest absolute Gasteiger partial charge is 0.257 e. The van der Waals surface area contributed by atoms with Crippen molar-refractivity contribution in [1.82, 2.24) is 4.90 Å². The highest BCUT2D eigenvalue weighted by molar-refractivity contribution is 6.01. The molecule has 1 aliphatic heterocycles. The molecule has 1 heterocycles. The number of benzene rings is 2. The number of hydrogen-bond acceptors (Lipinski definition) is 3. The van der Waals surface area contributed by atoms with Crippen molar-refractivity contribution >= 4 is 11.6 Å². The maximum absolute atomic E-state index is 12.9. The van der Waals surface area contributed by atoms with Crippen molar-refractivity contribution in [2.75, 3.05) is 25.6 Å². The average molecular weight is 310 g/mol. The third kappa shape index (κ3) is 2.94. The van der Waals surface area contributed by atoms with Gasteiger partial charge in [-0.3, -0.25) is 4.79 Å². The van der Waals surface area contributed by atoms with Gasteiger partial charge in [0.15, 0.2) is 0 Å². The van der Waals surface area contributed by atoms with Gasteiger partial charge in [0.2, 0.25) is 0 Å². The number of nitrogens with zero attached hydrogens (tertiary/aromatic N) is 1. The van der Waals surface area contributed by atoms with E-state index in [1.165, 1.54) is 11.1 Å². The molecule has 4 heteroatoms. The number of aryl methyl sites for hydroxylation is 2. The first kappa shape index (κ1) is 15.6. The molecule has 1 N–H and O–H groups in total. The number of nitrogens with one attached hydrogen (secondary N) is 1. The normalized spacial score (nSPS) is 16.9. The van der Waals surface area contributed by atoms with E-state index in [4.69, 9.17) is 4.74 Å². The number of anilines is 1. The summed E-state index contributed by atoms with van der Waals surface area (Å²) in [4.78, 5) is 14.8. The van der Waals surface area contributed by atoms with Gasteiger partial charge in [-0.2, -0.15) is 0 Å². The van der Waals surface area contributed by atoms with Crippen molar-refractivity contribution in [3.05, 3.63) is 64.7 Å². The quantitative estimate of drug-likeness (QED) is 0.939. The number of ether oxygens (including phenoxy) is 1. The maximum atomic E-state index is 12.9. The predicted molar refractivity (Wildman–Crippen MR) is 91.6 cm³/mol. The maximum Gasteiger partial charge on any atom is 0.257 e. The van der Waals surface area contributed by atoms with Crippen LogP contribution in [0.15, 0.2) is 42.5 Å². The first-order valence-corrected chi connectivity index (χ1v) is 7.84. The van der Waals surface area contributed by atoms with Crippen LogP contribution >= 0.6 is 0 Å². The molecule has 4 nitrogen and oxygen atoms in total. The molecule has 0 radical (unpaired) electrons. The Morgan fingerprint density at radius 2 is 1.96 bits per heavy atom. The van der Waals surface area contributed by atoms with E-state index >= 15 is 0 Å². The highest BCUT2D eigenvalue weighted by Crippen LogP contribution is 2.34. The number of para-hydroxylation sites is 1. The van der Waals surface area contributed by atoms with Gasteiger partial charge >= 0.3 is 0 Å². The lowest BCUT2D eigenvalue weighted by molar-refractivity contribution is 0.0609. The molecule has 1 atom stereocenters. The summed E-state index contributed by atoms with van der Waals surface area (Å²) in [6, 6.07) is 14.0. The molecule has 0 aromatic heterocycles. The van der Waals surface area contributed by atoms with E-state index in [0.717, 1.165) is 11.3 Å². The molecule has 2 aromatic rings. The third-order valence-electron chi connectivity index (χ3n) is 4.28. The monoisotopic (exact) mass is 310 g/mol. The van der Waals surface area contributed by atoms with E-state index in [2.05, 4.69) is 37.4 Å². The zero-order chi connectivity index (χ0) is 16.4. The van der Waals surface area contributed by atoms with E-state index < -0.39 is 0 Å². The molecule has 23 heavy (non-hydrogen) atoms. The molecule has 2 aromatic carbocycles. The Hall–Kier alpha value is -2.33. The van der Waals surface area contributed by atoms with Crippen molar-refractivity contribution < 1.29 is 9.53 Å². The largest absolute Gasteiger partial charge is 0.383 e. The lowest BCUT2D eigenvalue weighted by atomic mass is 9.99. The summed E-state index contributed by atoms with van der Waals surface area (Å²) in [5.74, 6) is 0.0429. The first-order valence-electron chi connectivity index (χ1n) is 7.84. The molecule has 120 valence electrons. The minimum Gasteiger partial charge on any atom is -0.383 e. The highest BCUT2D eigenvalue weighted by atomic mass is 16.5. The van der Waals surface area contributed by atoms with Crippen molar-refractivity contribution in [2.24, 2.45) is 0 Å². The predicted octanol–water partition coefficient (Wildman–Crippen LogP) is 3.52. The summed E-state index contributed by atoms with van der Waals surface area (Å²) in [7, 11) is 1.65. The molecular formula is C19H22N2O2. The minimum absolute atomic E-state index is 0.0429. The van der Waals surface area contributed by atoms with Gasteiger partial charge < -0.3 is 15.0 Å². The van der Waals surface area contributed by atoms with Gasteiger partial charge in [0.25, 0.3) is 5.91 Å². The molecular weight excluding hydrogens is 288 g/mol. The number of rotatable bonds is 4. The van der Waals surface area contributed by atoms with Gasteiger partial charge in [-0.1, -0.05) is 35.9 Å². The summed E-state index contributed by atoms with van der Waals surface area (Å²) in [5, 5.41) is 3.51. The number of hydrogen-bond donors (Lipinski definition) is 1. The summed E-state index contributed by atoms with van der Waals surface area (Å²) in [5.41, 5.74) is 5.12. The van der Waals surface area contributed by atoms with Gasteiger partial charge in [0.05, 0.1) is 12.2 Å². The number of carbonyl (C=O) groups excluding carboxylic acids is 1. The number of amides is 1. The van der Waals surface area contributed by atoms with Gasteiger partial charge in [-0.15, -0.1) is 0 Å². The minimum atomic E-state index is -0.173. The molecule has 0 saturated carbocycles. The molecule has 1 amide bonds. The lowest BCUT2D eigenvalue weighted by Gasteiger charge is -2.38. The van der Waals surface area contributed by atoms with Crippen LogP contribution < -0.4 is 5.32 Å². The topological polar surface area (TPSA) is 41.6 Å². The Morgan fingerprint density at radius 1 is 1.17 bits per heavy atom. The van der Waals surface area contributed by atoms with Crippen LogP contribution in [-0.2, 0) is 4.74 Å². The summed E-state index contributed by atoms with van der Waals surface area (Å²) >= 11 is 0. The summed E-state index contributed by atoms with van der Waals surface area (Å²) in [6.45, 7) is 5.23. The number of fused-ring (bicyclic) bond motifs is 1. The second kappa shape index (κ2) is 6.42.